The molecule has 0 saturated carbocycles. The third-order valence-corrected chi connectivity index (χ3v) is 7.70. The van der Waals surface area contributed by atoms with Crippen molar-refractivity contribution in [2.45, 2.75) is 53.6 Å². The van der Waals surface area contributed by atoms with Crippen LogP contribution >= 0.6 is 11.3 Å². The number of rotatable bonds is 11. The van der Waals surface area contributed by atoms with Crippen LogP contribution in [0.15, 0.2) is 58.8 Å². The number of hydrogen-bond donors (Lipinski definition) is 1. The van der Waals surface area contributed by atoms with Crippen LogP contribution in [-0.4, -0.2) is 25.3 Å². The van der Waals surface area contributed by atoms with E-state index < -0.39 is 10.1 Å². The van der Waals surface area contributed by atoms with E-state index in [9.17, 15) is 8.42 Å². The Balaban J connectivity index is 1.73. The number of aromatic nitrogens is 1. The van der Waals surface area contributed by atoms with E-state index in [4.69, 9.17) is 4.55 Å². The Kier molecular flexibility index (Phi) is 8.93. The first kappa shape index (κ1) is 26.0. The summed E-state index contributed by atoms with van der Waals surface area (Å²) in [5.74, 6) is -0.225. The number of benzene rings is 2. The molecule has 0 aliphatic rings. The van der Waals surface area contributed by atoms with Gasteiger partial charge in [0.25, 0.3) is 10.1 Å². The largest absolute Gasteiger partial charge is 0.408 e. The van der Waals surface area contributed by atoms with Crippen LogP contribution in [-0.2, 0) is 23.2 Å². The molecule has 0 aliphatic heterocycles. The van der Waals surface area contributed by atoms with Crippen molar-refractivity contribution in [1.82, 2.24) is 0 Å². The Bertz CT molecular complexity index is 1240. The van der Waals surface area contributed by atoms with Crippen LogP contribution in [0.4, 0.5) is 16.5 Å². The lowest BCUT2D eigenvalue weighted by Gasteiger charge is -2.23. The number of thiazole rings is 1. The van der Waals surface area contributed by atoms with E-state index in [1.165, 1.54) is 5.56 Å². The van der Waals surface area contributed by atoms with E-state index in [0.717, 1.165) is 45.7 Å². The molecular formula is C25H33N4O3S2+. The molecule has 182 valence electrons. The monoisotopic (exact) mass is 501 g/mol. The summed E-state index contributed by atoms with van der Waals surface area (Å²) >= 11 is 1.57. The highest BCUT2D eigenvalue weighted by molar-refractivity contribution is 7.85. The average molecular weight is 502 g/mol. The molecule has 0 fully saturated rings. The molecule has 0 atom stereocenters. The summed E-state index contributed by atoms with van der Waals surface area (Å²) in [6, 6.07) is 16.7. The fourth-order valence-electron chi connectivity index (χ4n) is 3.73. The first-order valence-electron chi connectivity index (χ1n) is 11.4. The molecule has 0 unspecified atom stereocenters. The minimum absolute atomic E-state index is 0.225. The molecule has 0 saturated heterocycles. The summed E-state index contributed by atoms with van der Waals surface area (Å²) in [6.45, 7) is 10.6. The summed E-state index contributed by atoms with van der Waals surface area (Å²) in [5, 5.41) is 9.85. The van der Waals surface area contributed by atoms with Gasteiger partial charge in [-0.15, -0.1) is 0 Å². The molecule has 0 radical (unpaired) electrons. The Morgan fingerprint density at radius 1 is 1.03 bits per heavy atom. The molecular weight excluding hydrogens is 468 g/mol. The quantitative estimate of drug-likeness (QED) is 0.149. The molecule has 7 nitrogen and oxygen atoms in total. The third-order valence-electron chi connectivity index (χ3n) is 5.81. The van der Waals surface area contributed by atoms with E-state index in [1.54, 1.807) is 11.3 Å². The second kappa shape index (κ2) is 11.7. The number of anilines is 1. The summed E-state index contributed by atoms with van der Waals surface area (Å²) in [4.78, 5) is 3.48. The molecule has 0 spiro atoms. The van der Waals surface area contributed by atoms with Gasteiger partial charge in [0.05, 0.1) is 22.3 Å². The van der Waals surface area contributed by atoms with Crippen LogP contribution in [0.5, 0.6) is 0 Å². The van der Waals surface area contributed by atoms with Crippen molar-refractivity contribution in [3.8, 4) is 0 Å². The molecule has 0 bridgehead atoms. The lowest BCUT2D eigenvalue weighted by molar-refractivity contribution is -0.686. The third kappa shape index (κ3) is 7.19. The molecule has 1 heterocycles. The zero-order chi connectivity index (χ0) is 24.7. The average Bonchev–Trinajstić information content (AvgIpc) is 3.07. The number of hydrogen-bond acceptors (Lipinski definition) is 6. The van der Waals surface area contributed by atoms with Crippen molar-refractivity contribution in [3.05, 3.63) is 70.2 Å². The van der Waals surface area contributed by atoms with Gasteiger partial charge in [0.2, 0.25) is 0 Å². The Morgan fingerprint density at radius 3 is 2.41 bits per heavy atom. The fourth-order valence-corrected chi connectivity index (χ4v) is 5.25. The van der Waals surface area contributed by atoms with Crippen LogP contribution in [0.25, 0.3) is 0 Å². The van der Waals surface area contributed by atoms with Crippen LogP contribution in [0.1, 0.15) is 41.5 Å². The first-order valence-corrected chi connectivity index (χ1v) is 13.9. The van der Waals surface area contributed by atoms with Crippen molar-refractivity contribution >= 4 is 38.0 Å². The van der Waals surface area contributed by atoms with Gasteiger partial charge in [-0.2, -0.15) is 8.42 Å². The molecule has 3 rings (SSSR count). The Hall–Kier alpha value is -2.62. The van der Waals surface area contributed by atoms with Crippen LogP contribution in [0.3, 0.4) is 0 Å². The lowest BCUT2D eigenvalue weighted by Crippen LogP contribution is -2.35. The second-order valence-corrected chi connectivity index (χ2v) is 11.1. The van der Waals surface area contributed by atoms with Gasteiger partial charge in [-0.05, 0) is 86.3 Å². The van der Waals surface area contributed by atoms with Gasteiger partial charge in [-0.3, -0.25) is 4.55 Å². The van der Waals surface area contributed by atoms with Crippen LogP contribution < -0.4 is 9.47 Å². The zero-order valence-corrected chi connectivity index (χ0v) is 21.9. The van der Waals surface area contributed by atoms with Gasteiger partial charge in [0.15, 0.2) is 0 Å². The highest BCUT2D eigenvalue weighted by Gasteiger charge is 2.20. The molecule has 1 N–H and O–H groups in total. The van der Waals surface area contributed by atoms with Crippen molar-refractivity contribution in [2.75, 3.05) is 17.2 Å². The Labute approximate surface area is 206 Å². The minimum atomic E-state index is -3.93. The summed E-state index contributed by atoms with van der Waals surface area (Å²) in [5.41, 5.74) is 5.39. The summed E-state index contributed by atoms with van der Waals surface area (Å²) < 4.78 is 32.9. The van der Waals surface area contributed by atoms with Gasteiger partial charge < -0.3 is 4.90 Å². The number of aryl methyl sites for hydroxylation is 2. The SMILES string of the molecule is CCN(Cc1ccccc1)c1ccc(N=Nc2sc(C)c(C)[n+]2CCCCS(=O)(=O)O)c(C)c1. The maximum atomic E-state index is 11.0. The maximum absolute atomic E-state index is 11.0. The molecule has 2 aromatic carbocycles. The van der Waals surface area contributed by atoms with Crippen molar-refractivity contribution < 1.29 is 17.5 Å². The number of nitrogens with zero attached hydrogens (tertiary/aromatic N) is 4. The van der Waals surface area contributed by atoms with Gasteiger partial charge in [-0.25, -0.2) is 4.57 Å². The molecule has 0 aliphatic carbocycles. The zero-order valence-electron chi connectivity index (χ0n) is 20.2. The lowest BCUT2D eigenvalue weighted by atomic mass is 10.1. The molecule has 9 heteroatoms. The van der Waals surface area contributed by atoms with E-state index >= 15 is 0 Å². The maximum Gasteiger partial charge on any atom is 0.408 e. The van der Waals surface area contributed by atoms with Gasteiger partial charge in [-0.1, -0.05) is 30.3 Å². The summed E-state index contributed by atoms with van der Waals surface area (Å²) in [7, 11) is -3.93. The van der Waals surface area contributed by atoms with Crippen LogP contribution in [0.2, 0.25) is 0 Å². The van der Waals surface area contributed by atoms with E-state index in [1.807, 2.05) is 32.9 Å². The van der Waals surface area contributed by atoms with Crippen molar-refractivity contribution in [3.63, 3.8) is 0 Å². The normalized spacial score (nSPS) is 11.9. The molecule has 0 amide bonds. The minimum Gasteiger partial charge on any atom is -0.367 e. The first-order chi connectivity index (χ1) is 16.2. The molecule has 34 heavy (non-hydrogen) atoms. The molecule has 3 aromatic rings. The van der Waals surface area contributed by atoms with Gasteiger partial charge >= 0.3 is 5.13 Å². The van der Waals surface area contributed by atoms with Crippen molar-refractivity contribution in [2.24, 2.45) is 10.2 Å². The van der Waals surface area contributed by atoms with Gasteiger partial charge in [0, 0.05) is 18.8 Å². The predicted octanol–water partition coefficient (Wildman–Crippen LogP) is 6.07. The standard InChI is InChI=1S/C25H32N4O3S2/c1-5-28(18-22-11-7-6-8-12-22)23-13-14-24(19(2)17-23)26-27-25-29(20(3)21(4)33-25)15-9-10-16-34(30,31)32/h6-8,11-14,17H,5,9-10,15-16,18H2,1-4H3/p+1. The van der Waals surface area contributed by atoms with Gasteiger partial charge in [0.1, 0.15) is 11.4 Å². The van der Waals surface area contributed by atoms with E-state index in [2.05, 4.69) is 63.0 Å². The smallest absolute Gasteiger partial charge is 0.367 e. The highest BCUT2D eigenvalue weighted by Crippen LogP contribution is 2.29. The van der Waals surface area contributed by atoms with E-state index in [-0.39, 0.29) is 5.75 Å². The topological polar surface area (TPSA) is 86.2 Å². The summed E-state index contributed by atoms with van der Waals surface area (Å²) in [6.07, 6.45) is 1.03. The number of unbranched alkanes of at least 4 members (excludes halogenated alkanes) is 1. The number of azo groups is 1. The Morgan fingerprint density at radius 2 is 1.76 bits per heavy atom. The van der Waals surface area contributed by atoms with E-state index in [0.29, 0.717) is 19.4 Å². The fraction of sp³-hybridized carbons (Fsp3) is 0.400. The predicted molar refractivity (Wildman–Crippen MR) is 138 cm³/mol. The van der Waals surface area contributed by atoms with Crippen molar-refractivity contribution in [1.29, 1.82) is 0 Å². The highest BCUT2D eigenvalue weighted by atomic mass is 32.2. The van der Waals surface area contributed by atoms with Crippen LogP contribution in [0, 0.1) is 20.8 Å². The molecule has 1 aromatic heterocycles. The second-order valence-electron chi connectivity index (χ2n) is 8.34.